The predicted octanol–water partition coefficient (Wildman–Crippen LogP) is 3.07. The molecule has 0 N–H and O–H groups in total. The van der Waals surface area contributed by atoms with E-state index in [9.17, 15) is 4.79 Å². The van der Waals surface area contributed by atoms with Crippen LogP contribution in [0.5, 0.6) is 0 Å². The van der Waals surface area contributed by atoms with E-state index >= 15 is 0 Å². The monoisotopic (exact) mass is 208 g/mol. The van der Waals surface area contributed by atoms with Crippen molar-refractivity contribution < 1.29 is 9.53 Å². The van der Waals surface area contributed by atoms with Crippen LogP contribution in [0.25, 0.3) is 0 Å². The number of ether oxygens (including phenoxy) is 1. The molecule has 3 unspecified atom stereocenters. The lowest BCUT2D eigenvalue weighted by molar-refractivity contribution is -0.151. The van der Waals surface area contributed by atoms with Gasteiger partial charge in [0.1, 0.15) is 6.10 Å². The van der Waals surface area contributed by atoms with Crippen LogP contribution >= 0.6 is 0 Å². The summed E-state index contributed by atoms with van der Waals surface area (Å²) in [6, 6.07) is 0. The first-order valence-electron chi connectivity index (χ1n) is 6.12. The molecule has 0 amide bonds. The lowest BCUT2D eigenvalue weighted by Crippen LogP contribution is -2.24. The van der Waals surface area contributed by atoms with E-state index in [1.165, 1.54) is 6.42 Å². The maximum absolute atomic E-state index is 11.5. The average molecular weight is 208 g/mol. The molecule has 2 rings (SSSR count). The fourth-order valence-electron chi connectivity index (χ4n) is 2.72. The zero-order valence-corrected chi connectivity index (χ0v) is 9.45. The number of carbonyl (C=O) groups is 1. The highest BCUT2D eigenvalue weighted by Crippen LogP contribution is 2.36. The molecule has 0 aromatic carbocycles. The van der Waals surface area contributed by atoms with Crippen molar-refractivity contribution in [1.82, 2.24) is 0 Å². The Bertz CT molecular complexity index is 257. The Labute approximate surface area is 91.7 Å². The highest BCUT2D eigenvalue weighted by molar-refractivity contribution is 5.69. The molecular weight excluding hydrogens is 188 g/mol. The van der Waals surface area contributed by atoms with Crippen LogP contribution in [0.3, 0.4) is 0 Å². The van der Waals surface area contributed by atoms with Crippen molar-refractivity contribution in [3.63, 3.8) is 0 Å². The largest absolute Gasteiger partial charge is 0.462 e. The zero-order valence-electron chi connectivity index (χ0n) is 9.45. The molecule has 0 radical (unpaired) electrons. The summed E-state index contributed by atoms with van der Waals surface area (Å²) in [6.07, 6.45) is 10.6. The van der Waals surface area contributed by atoms with Gasteiger partial charge >= 0.3 is 5.97 Å². The third-order valence-corrected chi connectivity index (χ3v) is 3.72. The van der Waals surface area contributed by atoms with Crippen molar-refractivity contribution in [2.45, 2.75) is 51.6 Å². The van der Waals surface area contributed by atoms with Gasteiger partial charge in [-0.1, -0.05) is 19.1 Å². The van der Waals surface area contributed by atoms with Crippen LogP contribution in [0, 0.1) is 11.8 Å². The normalized spacial score (nSPS) is 39.3. The molecule has 1 aliphatic carbocycles. The summed E-state index contributed by atoms with van der Waals surface area (Å²) in [6.45, 7) is 2.28. The SMILES string of the molecule is CC1CCC2OC(=O)CCC/C=C\CC12. The van der Waals surface area contributed by atoms with Crippen LogP contribution in [0.4, 0.5) is 0 Å². The van der Waals surface area contributed by atoms with Crippen molar-refractivity contribution in [3.8, 4) is 0 Å². The number of rotatable bonds is 0. The summed E-state index contributed by atoms with van der Waals surface area (Å²) in [5, 5.41) is 0. The van der Waals surface area contributed by atoms with Gasteiger partial charge in [-0.15, -0.1) is 0 Å². The van der Waals surface area contributed by atoms with Gasteiger partial charge in [-0.05, 0) is 38.0 Å². The smallest absolute Gasteiger partial charge is 0.306 e. The first kappa shape index (κ1) is 10.7. The van der Waals surface area contributed by atoms with Gasteiger partial charge in [-0.25, -0.2) is 0 Å². The van der Waals surface area contributed by atoms with Gasteiger partial charge < -0.3 is 4.74 Å². The summed E-state index contributed by atoms with van der Waals surface area (Å²) in [5.41, 5.74) is 0. The van der Waals surface area contributed by atoms with E-state index in [0.29, 0.717) is 18.3 Å². The zero-order chi connectivity index (χ0) is 10.7. The molecule has 2 nitrogen and oxygen atoms in total. The van der Waals surface area contributed by atoms with Crippen molar-refractivity contribution >= 4 is 5.97 Å². The van der Waals surface area contributed by atoms with Crippen LogP contribution < -0.4 is 0 Å². The molecule has 84 valence electrons. The number of hydrogen-bond acceptors (Lipinski definition) is 2. The minimum absolute atomic E-state index is 0.00870. The minimum Gasteiger partial charge on any atom is -0.462 e. The molecule has 1 saturated carbocycles. The van der Waals surface area contributed by atoms with Crippen molar-refractivity contribution in [1.29, 1.82) is 0 Å². The maximum Gasteiger partial charge on any atom is 0.306 e. The number of allylic oxidation sites excluding steroid dienone is 2. The lowest BCUT2D eigenvalue weighted by atomic mass is 9.92. The standard InChI is InChI=1S/C13H20O2/c1-10-8-9-12-11(10)6-4-2-3-5-7-13(14)15-12/h2,4,10-12H,3,5-9H2,1H3/b4-2-. The Morgan fingerprint density at radius 2 is 2.20 bits per heavy atom. The third-order valence-electron chi connectivity index (χ3n) is 3.72. The molecule has 15 heavy (non-hydrogen) atoms. The van der Waals surface area contributed by atoms with Crippen LogP contribution in [-0.4, -0.2) is 12.1 Å². The topological polar surface area (TPSA) is 26.3 Å². The second-order valence-electron chi connectivity index (χ2n) is 4.85. The van der Waals surface area contributed by atoms with Gasteiger partial charge in [0.15, 0.2) is 0 Å². The summed E-state index contributed by atoms with van der Waals surface area (Å²) >= 11 is 0. The average Bonchev–Trinajstić information content (AvgIpc) is 2.55. The summed E-state index contributed by atoms with van der Waals surface area (Å²) < 4.78 is 5.55. The van der Waals surface area contributed by atoms with E-state index in [0.717, 1.165) is 25.7 Å². The molecule has 0 saturated heterocycles. The molecule has 0 aromatic heterocycles. The predicted molar refractivity (Wildman–Crippen MR) is 59.4 cm³/mol. The number of hydrogen-bond donors (Lipinski definition) is 0. The van der Waals surface area contributed by atoms with E-state index in [1.807, 2.05) is 0 Å². The van der Waals surface area contributed by atoms with E-state index in [2.05, 4.69) is 19.1 Å². The van der Waals surface area contributed by atoms with Gasteiger partial charge in [0.25, 0.3) is 0 Å². The lowest BCUT2D eigenvalue weighted by Gasteiger charge is -2.22. The van der Waals surface area contributed by atoms with Gasteiger partial charge in [-0.3, -0.25) is 4.79 Å². The fourth-order valence-corrected chi connectivity index (χ4v) is 2.72. The highest BCUT2D eigenvalue weighted by atomic mass is 16.5. The Morgan fingerprint density at radius 1 is 1.33 bits per heavy atom. The van der Waals surface area contributed by atoms with Gasteiger partial charge in [0.05, 0.1) is 0 Å². The Morgan fingerprint density at radius 3 is 3.07 bits per heavy atom. The summed E-state index contributed by atoms with van der Waals surface area (Å²) in [5.74, 6) is 1.27. The first-order valence-corrected chi connectivity index (χ1v) is 6.12. The highest BCUT2D eigenvalue weighted by Gasteiger charge is 2.35. The van der Waals surface area contributed by atoms with E-state index < -0.39 is 0 Å². The van der Waals surface area contributed by atoms with Gasteiger partial charge in [-0.2, -0.15) is 0 Å². The van der Waals surface area contributed by atoms with Crippen molar-refractivity contribution in [3.05, 3.63) is 12.2 Å². The maximum atomic E-state index is 11.5. The molecular formula is C13H20O2. The van der Waals surface area contributed by atoms with Crippen LogP contribution in [-0.2, 0) is 9.53 Å². The molecule has 3 atom stereocenters. The second kappa shape index (κ2) is 4.82. The molecule has 1 aliphatic heterocycles. The number of carbonyl (C=O) groups excluding carboxylic acids is 1. The van der Waals surface area contributed by atoms with E-state index in [-0.39, 0.29) is 12.1 Å². The van der Waals surface area contributed by atoms with E-state index in [4.69, 9.17) is 4.74 Å². The van der Waals surface area contributed by atoms with E-state index in [1.54, 1.807) is 0 Å². The number of esters is 1. The summed E-state index contributed by atoms with van der Waals surface area (Å²) in [4.78, 5) is 11.5. The summed E-state index contributed by atoms with van der Waals surface area (Å²) in [7, 11) is 0. The van der Waals surface area contributed by atoms with Gasteiger partial charge in [0, 0.05) is 12.3 Å². The Hall–Kier alpha value is -0.790. The second-order valence-corrected chi connectivity index (χ2v) is 4.85. The molecule has 1 heterocycles. The molecule has 0 spiro atoms. The quantitative estimate of drug-likeness (QED) is 0.451. The Balaban J connectivity index is 2.05. The minimum atomic E-state index is 0.00870. The fraction of sp³-hybridized carbons (Fsp3) is 0.769. The number of fused-ring (bicyclic) bond motifs is 1. The molecule has 2 aliphatic rings. The molecule has 2 heteroatoms. The third kappa shape index (κ3) is 2.61. The van der Waals surface area contributed by atoms with Gasteiger partial charge in [0.2, 0.25) is 0 Å². The Kier molecular flexibility index (Phi) is 3.45. The van der Waals surface area contributed by atoms with Crippen LogP contribution in [0.2, 0.25) is 0 Å². The molecule has 0 aromatic rings. The van der Waals surface area contributed by atoms with Crippen molar-refractivity contribution in [2.24, 2.45) is 11.8 Å². The van der Waals surface area contributed by atoms with Crippen LogP contribution in [0.1, 0.15) is 45.4 Å². The van der Waals surface area contributed by atoms with Crippen molar-refractivity contribution in [2.75, 3.05) is 0 Å². The molecule has 1 fully saturated rings. The first-order chi connectivity index (χ1) is 7.27. The molecule has 0 bridgehead atoms. The van der Waals surface area contributed by atoms with Crippen LogP contribution in [0.15, 0.2) is 12.2 Å².